The smallest absolute Gasteiger partial charge is 0.230 e. The molecule has 3 nitrogen and oxygen atoms in total. The largest absolute Gasteiger partial charge is 0.359 e. The van der Waals surface area contributed by atoms with Gasteiger partial charge in [0.25, 0.3) is 0 Å². The lowest BCUT2D eigenvalue weighted by atomic mass is 10.1. The normalized spacial score (nSPS) is 10.6. The topological polar surface area (TPSA) is 46.2 Å². The Bertz CT molecular complexity index is 132. The molecule has 0 fully saturated rings. The van der Waals surface area contributed by atoms with Crippen molar-refractivity contribution in [2.75, 3.05) is 7.05 Å². The zero-order valence-corrected chi connectivity index (χ0v) is 7.89. The Kier molecular flexibility index (Phi) is 8.43. The van der Waals surface area contributed by atoms with Gasteiger partial charge in [0.05, 0.1) is 5.92 Å². The molecule has 1 amide bonds. The molecule has 0 aromatic heterocycles. The van der Waals surface area contributed by atoms with Crippen molar-refractivity contribution in [2.24, 2.45) is 5.92 Å². The van der Waals surface area contributed by atoms with Crippen molar-refractivity contribution in [3.05, 3.63) is 0 Å². The van der Waals surface area contributed by atoms with Crippen LogP contribution in [0, 0.1) is 5.92 Å². The Balaban J connectivity index is 0. The molecular formula is C8H17NO2. The van der Waals surface area contributed by atoms with E-state index in [1.807, 2.05) is 13.8 Å². The van der Waals surface area contributed by atoms with Gasteiger partial charge in [-0.25, -0.2) is 0 Å². The Morgan fingerprint density at radius 3 is 1.73 bits per heavy atom. The first-order valence-electron chi connectivity index (χ1n) is 3.81. The van der Waals surface area contributed by atoms with Crippen LogP contribution in [0.5, 0.6) is 0 Å². The molecule has 0 bridgehead atoms. The second kappa shape index (κ2) is 7.25. The van der Waals surface area contributed by atoms with E-state index in [0.717, 1.165) is 0 Å². The van der Waals surface area contributed by atoms with Crippen LogP contribution >= 0.6 is 0 Å². The zero-order valence-electron chi connectivity index (χ0n) is 7.89. The molecule has 0 saturated heterocycles. The van der Waals surface area contributed by atoms with E-state index in [-0.39, 0.29) is 11.7 Å². The van der Waals surface area contributed by atoms with Gasteiger partial charge in [0.1, 0.15) is 5.78 Å². The minimum atomic E-state index is -0.505. The number of hydrogen-bond acceptors (Lipinski definition) is 2. The Morgan fingerprint density at radius 1 is 1.27 bits per heavy atom. The lowest BCUT2D eigenvalue weighted by molar-refractivity contribution is -0.131. The van der Waals surface area contributed by atoms with Gasteiger partial charge in [-0.1, -0.05) is 13.8 Å². The van der Waals surface area contributed by atoms with E-state index in [4.69, 9.17) is 0 Å². The summed E-state index contributed by atoms with van der Waals surface area (Å²) in [6.07, 6.45) is 0. The van der Waals surface area contributed by atoms with E-state index in [9.17, 15) is 9.59 Å². The van der Waals surface area contributed by atoms with Crippen molar-refractivity contribution in [2.45, 2.75) is 27.7 Å². The van der Waals surface area contributed by atoms with Gasteiger partial charge in [-0.15, -0.1) is 0 Å². The number of rotatable bonds is 2. The van der Waals surface area contributed by atoms with Crippen molar-refractivity contribution < 1.29 is 9.59 Å². The third-order valence-electron chi connectivity index (χ3n) is 1.25. The number of ketones is 1. The van der Waals surface area contributed by atoms with Crippen molar-refractivity contribution in [1.29, 1.82) is 0 Å². The summed E-state index contributed by atoms with van der Waals surface area (Å²) in [5, 5.41) is 2.39. The maximum Gasteiger partial charge on any atom is 0.230 e. The number of Topliss-reactive ketones (excluding diaryl/α,β-unsaturated/α-hetero) is 1. The quantitative estimate of drug-likeness (QED) is 0.610. The van der Waals surface area contributed by atoms with Gasteiger partial charge in [-0.2, -0.15) is 0 Å². The van der Waals surface area contributed by atoms with Gasteiger partial charge in [0, 0.05) is 7.05 Å². The average Bonchev–Trinajstić information content (AvgIpc) is 2.05. The highest BCUT2D eigenvalue weighted by Gasteiger charge is 2.14. The van der Waals surface area contributed by atoms with E-state index in [0.29, 0.717) is 0 Å². The molecule has 0 aromatic rings. The van der Waals surface area contributed by atoms with Crippen molar-refractivity contribution >= 4 is 11.7 Å². The van der Waals surface area contributed by atoms with Gasteiger partial charge in [-0.3, -0.25) is 9.59 Å². The van der Waals surface area contributed by atoms with Crippen molar-refractivity contribution in [3.63, 3.8) is 0 Å². The predicted molar refractivity (Wildman–Crippen MR) is 45.3 cm³/mol. The SMILES string of the molecule is CC.CNC(=O)C(C)C(C)=O. The second-order valence-corrected chi connectivity index (χ2v) is 1.95. The Labute approximate surface area is 68.2 Å². The van der Waals surface area contributed by atoms with Crippen LogP contribution in [0.4, 0.5) is 0 Å². The minimum absolute atomic E-state index is 0.102. The summed E-state index contributed by atoms with van der Waals surface area (Å²) in [7, 11) is 1.52. The maximum atomic E-state index is 10.6. The molecular weight excluding hydrogens is 142 g/mol. The summed E-state index contributed by atoms with van der Waals surface area (Å²) in [5.41, 5.74) is 0. The molecule has 1 atom stereocenters. The number of hydrogen-bond donors (Lipinski definition) is 1. The standard InChI is InChI=1S/C6H11NO2.C2H6/c1-4(5(2)8)6(9)7-3;1-2/h4H,1-3H3,(H,7,9);1-2H3. The molecule has 0 radical (unpaired) electrons. The predicted octanol–water partition coefficient (Wildman–Crippen LogP) is 0.984. The number of amides is 1. The van der Waals surface area contributed by atoms with Crippen LogP contribution in [0.15, 0.2) is 0 Å². The first-order valence-corrected chi connectivity index (χ1v) is 3.81. The molecule has 0 rings (SSSR count). The van der Waals surface area contributed by atoms with Crippen LogP contribution in [0.3, 0.4) is 0 Å². The molecule has 3 heteroatoms. The highest BCUT2D eigenvalue weighted by atomic mass is 16.2. The summed E-state index contributed by atoms with van der Waals surface area (Å²) in [4.78, 5) is 21.1. The van der Waals surface area contributed by atoms with Gasteiger partial charge in [-0.05, 0) is 13.8 Å². The number of carbonyl (C=O) groups excluding carboxylic acids is 2. The molecule has 0 aliphatic rings. The summed E-state index contributed by atoms with van der Waals surface area (Å²) >= 11 is 0. The van der Waals surface area contributed by atoms with Crippen molar-refractivity contribution in [3.8, 4) is 0 Å². The molecule has 0 saturated carbocycles. The molecule has 1 N–H and O–H groups in total. The molecule has 1 unspecified atom stereocenters. The molecule has 0 spiro atoms. The fourth-order valence-electron chi connectivity index (χ4n) is 0.401. The van der Waals surface area contributed by atoms with E-state index in [1.54, 1.807) is 6.92 Å². The fraction of sp³-hybridized carbons (Fsp3) is 0.750. The van der Waals surface area contributed by atoms with E-state index in [1.165, 1.54) is 14.0 Å². The van der Waals surface area contributed by atoms with Crippen LogP contribution < -0.4 is 5.32 Å². The molecule has 0 aliphatic heterocycles. The molecule has 0 aromatic carbocycles. The molecule has 0 aliphatic carbocycles. The molecule has 11 heavy (non-hydrogen) atoms. The van der Waals surface area contributed by atoms with E-state index in [2.05, 4.69) is 5.32 Å². The van der Waals surface area contributed by atoms with Gasteiger partial charge in [0.2, 0.25) is 5.91 Å². The number of carbonyl (C=O) groups is 2. The van der Waals surface area contributed by atoms with Gasteiger partial charge >= 0.3 is 0 Å². The fourth-order valence-corrected chi connectivity index (χ4v) is 0.401. The van der Waals surface area contributed by atoms with Crippen LogP contribution in [0.25, 0.3) is 0 Å². The first kappa shape index (κ1) is 12.8. The third kappa shape index (κ3) is 5.58. The van der Waals surface area contributed by atoms with Crippen LogP contribution in [0.1, 0.15) is 27.7 Å². The minimum Gasteiger partial charge on any atom is -0.359 e. The third-order valence-corrected chi connectivity index (χ3v) is 1.25. The van der Waals surface area contributed by atoms with E-state index >= 15 is 0 Å². The lowest BCUT2D eigenvalue weighted by Gasteiger charge is -2.03. The Morgan fingerprint density at radius 2 is 1.64 bits per heavy atom. The highest BCUT2D eigenvalue weighted by Crippen LogP contribution is 1.94. The summed E-state index contributed by atoms with van der Waals surface area (Å²) < 4.78 is 0. The summed E-state index contributed by atoms with van der Waals surface area (Å²) in [6.45, 7) is 6.99. The summed E-state index contributed by atoms with van der Waals surface area (Å²) in [5.74, 6) is -0.827. The molecule has 66 valence electrons. The monoisotopic (exact) mass is 159 g/mol. The zero-order chi connectivity index (χ0) is 9.44. The average molecular weight is 159 g/mol. The summed E-state index contributed by atoms with van der Waals surface area (Å²) in [6, 6.07) is 0. The van der Waals surface area contributed by atoms with Crippen LogP contribution in [-0.4, -0.2) is 18.7 Å². The van der Waals surface area contributed by atoms with Crippen molar-refractivity contribution in [1.82, 2.24) is 5.32 Å². The maximum absolute atomic E-state index is 10.6. The first-order chi connectivity index (χ1) is 5.09. The van der Waals surface area contributed by atoms with Crippen LogP contribution in [0.2, 0.25) is 0 Å². The number of nitrogens with one attached hydrogen (secondary N) is 1. The van der Waals surface area contributed by atoms with E-state index < -0.39 is 5.92 Å². The highest BCUT2D eigenvalue weighted by molar-refractivity contribution is 5.99. The van der Waals surface area contributed by atoms with Gasteiger partial charge < -0.3 is 5.32 Å². The second-order valence-electron chi connectivity index (χ2n) is 1.95. The molecule has 0 heterocycles. The van der Waals surface area contributed by atoms with Gasteiger partial charge in [0.15, 0.2) is 0 Å². The Hall–Kier alpha value is -0.860. The lowest BCUT2D eigenvalue weighted by Crippen LogP contribution is -2.29. The van der Waals surface area contributed by atoms with Crippen LogP contribution in [-0.2, 0) is 9.59 Å².